The fourth-order valence-corrected chi connectivity index (χ4v) is 3.65. The van der Waals surface area contributed by atoms with Gasteiger partial charge in [0.15, 0.2) is 0 Å². The van der Waals surface area contributed by atoms with Crippen LogP contribution < -0.4 is 10.9 Å². The predicted molar refractivity (Wildman–Crippen MR) is 84.8 cm³/mol. The van der Waals surface area contributed by atoms with E-state index in [4.69, 9.17) is 0 Å². The first kappa shape index (κ1) is 14.0. The number of rotatable bonds is 2. The number of nitrogens with one attached hydrogen (secondary N) is 2. The van der Waals surface area contributed by atoms with Gasteiger partial charge in [-0.1, -0.05) is 30.3 Å². The molecule has 0 aliphatic carbocycles. The van der Waals surface area contributed by atoms with Crippen LogP contribution >= 0.6 is 11.8 Å². The summed E-state index contributed by atoms with van der Waals surface area (Å²) >= 11 is 1.48. The Balaban J connectivity index is 2.19. The molecule has 6 heteroatoms. The van der Waals surface area contributed by atoms with Crippen molar-refractivity contribution in [1.29, 1.82) is 0 Å². The molecule has 21 heavy (non-hydrogen) atoms. The van der Waals surface area contributed by atoms with E-state index in [1.54, 1.807) is 4.68 Å². The number of hydrogen-bond acceptors (Lipinski definition) is 3. The third kappa shape index (κ3) is 2.51. The number of benzene rings is 1. The highest BCUT2D eigenvalue weighted by atomic mass is 32.2. The van der Waals surface area contributed by atoms with Crippen LogP contribution in [-0.2, 0) is 4.79 Å². The molecule has 1 atom stereocenters. The number of carbonyl (C=O) groups is 1. The van der Waals surface area contributed by atoms with Crippen LogP contribution in [-0.4, -0.2) is 21.4 Å². The second-order valence-electron chi connectivity index (χ2n) is 5.32. The molecule has 2 aromatic rings. The molecule has 2 heterocycles. The van der Waals surface area contributed by atoms with Crippen molar-refractivity contribution in [2.24, 2.45) is 0 Å². The monoisotopic (exact) mass is 303 g/mol. The molecule has 1 aromatic carbocycles. The highest BCUT2D eigenvalue weighted by Gasteiger charge is 2.30. The first-order valence-electron chi connectivity index (χ1n) is 6.88. The molecule has 0 unspecified atom stereocenters. The van der Waals surface area contributed by atoms with E-state index in [-0.39, 0.29) is 22.8 Å². The Morgan fingerprint density at radius 1 is 1.24 bits per heavy atom. The van der Waals surface area contributed by atoms with Gasteiger partial charge in [-0.3, -0.25) is 19.4 Å². The van der Waals surface area contributed by atoms with Gasteiger partial charge in [0.05, 0.1) is 16.6 Å². The number of aromatic amines is 1. The molecule has 0 saturated heterocycles. The quantitative estimate of drug-likeness (QED) is 0.896. The summed E-state index contributed by atoms with van der Waals surface area (Å²) in [7, 11) is 0. The van der Waals surface area contributed by atoms with Gasteiger partial charge in [-0.25, -0.2) is 0 Å². The van der Waals surface area contributed by atoms with Gasteiger partial charge in [-0.15, -0.1) is 11.8 Å². The van der Waals surface area contributed by atoms with E-state index < -0.39 is 0 Å². The van der Waals surface area contributed by atoms with Crippen LogP contribution in [0.3, 0.4) is 0 Å². The molecule has 110 valence electrons. The second-order valence-corrected chi connectivity index (χ2v) is 6.41. The fourth-order valence-electron chi connectivity index (χ4n) is 2.52. The van der Waals surface area contributed by atoms with Crippen LogP contribution in [0.1, 0.15) is 36.3 Å². The maximum Gasteiger partial charge on any atom is 0.270 e. The smallest absolute Gasteiger partial charge is 0.270 e. The number of carbonyl (C=O) groups excluding carboxylic acids is 1. The van der Waals surface area contributed by atoms with E-state index in [0.717, 1.165) is 5.56 Å². The normalized spacial score (nSPS) is 18.2. The molecule has 1 amide bonds. The van der Waals surface area contributed by atoms with Crippen molar-refractivity contribution in [1.82, 2.24) is 9.78 Å². The van der Waals surface area contributed by atoms with Crippen LogP contribution in [0.2, 0.25) is 0 Å². The summed E-state index contributed by atoms with van der Waals surface area (Å²) in [5.41, 5.74) is 1.53. The lowest BCUT2D eigenvalue weighted by atomic mass is 10.1. The average Bonchev–Trinajstić information content (AvgIpc) is 2.68. The number of thioether (sulfide) groups is 1. The topological polar surface area (TPSA) is 66.9 Å². The number of hydrogen-bond donors (Lipinski definition) is 2. The van der Waals surface area contributed by atoms with Gasteiger partial charge in [-0.2, -0.15) is 0 Å². The maximum absolute atomic E-state index is 12.4. The molecule has 0 spiro atoms. The third-order valence-corrected chi connectivity index (χ3v) is 4.75. The first-order chi connectivity index (χ1) is 10.1. The van der Waals surface area contributed by atoms with Gasteiger partial charge < -0.3 is 5.32 Å². The number of nitrogens with zero attached hydrogens (tertiary/aromatic N) is 1. The van der Waals surface area contributed by atoms with Crippen LogP contribution in [0, 0.1) is 0 Å². The summed E-state index contributed by atoms with van der Waals surface area (Å²) in [6, 6.07) is 9.89. The van der Waals surface area contributed by atoms with Crippen molar-refractivity contribution in [3.8, 4) is 0 Å². The van der Waals surface area contributed by atoms with Crippen molar-refractivity contribution in [2.45, 2.75) is 25.1 Å². The van der Waals surface area contributed by atoms with Gasteiger partial charge in [0.25, 0.3) is 5.56 Å². The highest BCUT2D eigenvalue weighted by molar-refractivity contribution is 8.00. The molecule has 1 aromatic heterocycles. The van der Waals surface area contributed by atoms with Gasteiger partial charge in [0.2, 0.25) is 5.91 Å². The zero-order valence-electron chi connectivity index (χ0n) is 11.9. The van der Waals surface area contributed by atoms with Gasteiger partial charge in [0.1, 0.15) is 5.82 Å². The number of H-pyrrole nitrogens is 1. The minimum atomic E-state index is -0.137. The van der Waals surface area contributed by atoms with E-state index >= 15 is 0 Å². The molecule has 1 aliphatic heterocycles. The molecule has 0 bridgehead atoms. The Labute approximate surface area is 126 Å². The third-order valence-electron chi connectivity index (χ3n) is 3.48. The van der Waals surface area contributed by atoms with Crippen LogP contribution in [0.25, 0.3) is 0 Å². The van der Waals surface area contributed by atoms with Crippen LogP contribution in [0.5, 0.6) is 0 Å². The lowest BCUT2D eigenvalue weighted by Gasteiger charge is -2.14. The predicted octanol–water partition coefficient (Wildman–Crippen LogP) is 2.53. The van der Waals surface area contributed by atoms with Crippen molar-refractivity contribution in [2.75, 3.05) is 11.1 Å². The Morgan fingerprint density at radius 3 is 2.62 bits per heavy atom. The van der Waals surface area contributed by atoms with E-state index in [2.05, 4.69) is 10.4 Å². The summed E-state index contributed by atoms with van der Waals surface area (Å²) in [5, 5.41) is 5.57. The van der Waals surface area contributed by atoms with Crippen LogP contribution in [0.4, 0.5) is 5.82 Å². The summed E-state index contributed by atoms with van der Waals surface area (Å²) < 4.78 is 1.73. The molecular formula is C15H17N3O2S. The lowest BCUT2D eigenvalue weighted by Crippen LogP contribution is -2.17. The van der Waals surface area contributed by atoms with Crippen LogP contribution in [0.15, 0.2) is 35.1 Å². The lowest BCUT2D eigenvalue weighted by molar-refractivity contribution is -0.113. The molecule has 0 saturated carbocycles. The summed E-state index contributed by atoms with van der Waals surface area (Å²) in [6.45, 7) is 3.94. The highest BCUT2D eigenvalue weighted by Crippen LogP contribution is 2.39. The number of aromatic nitrogens is 2. The largest absolute Gasteiger partial charge is 0.310 e. The van der Waals surface area contributed by atoms with Crippen molar-refractivity contribution in [3.63, 3.8) is 0 Å². The zero-order chi connectivity index (χ0) is 15.0. The maximum atomic E-state index is 12.4. The molecule has 3 rings (SSSR count). The van der Waals surface area contributed by atoms with E-state index in [9.17, 15) is 9.59 Å². The number of fused-ring (bicyclic) bond motifs is 1. The summed E-state index contributed by atoms with van der Waals surface area (Å²) in [4.78, 5) is 24.3. The number of anilines is 1. The number of amides is 1. The van der Waals surface area contributed by atoms with Gasteiger partial charge in [0, 0.05) is 6.04 Å². The fraction of sp³-hybridized carbons (Fsp3) is 0.333. The molecule has 2 N–H and O–H groups in total. The standard InChI is InChI=1S/C15H17N3O2S/c1-9(2)18-14-12(15(20)17-18)13(21-8-11(19)16-14)10-6-4-3-5-7-10/h3-7,9,13H,8H2,1-2H3,(H,16,19)(H,17,20)/t13-/m0/s1. The molecule has 1 aliphatic rings. The molecule has 5 nitrogen and oxygen atoms in total. The Kier molecular flexibility index (Phi) is 3.63. The average molecular weight is 303 g/mol. The Hall–Kier alpha value is -1.95. The summed E-state index contributed by atoms with van der Waals surface area (Å²) in [6.07, 6.45) is 0. The van der Waals surface area contributed by atoms with Crippen molar-refractivity contribution < 1.29 is 4.79 Å². The minimum absolute atomic E-state index is 0.0706. The second kappa shape index (κ2) is 5.44. The van der Waals surface area contributed by atoms with E-state index in [1.165, 1.54) is 11.8 Å². The molecular weight excluding hydrogens is 286 g/mol. The zero-order valence-corrected chi connectivity index (χ0v) is 12.7. The Morgan fingerprint density at radius 2 is 1.95 bits per heavy atom. The summed E-state index contributed by atoms with van der Waals surface area (Å²) in [5.74, 6) is 0.859. The van der Waals surface area contributed by atoms with E-state index in [1.807, 2.05) is 44.2 Å². The minimum Gasteiger partial charge on any atom is -0.310 e. The van der Waals surface area contributed by atoms with Gasteiger partial charge >= 0.3 is 0 Å². The van der Waals surface area contributed by atoms with E-state index in [0.29, 0.717) is 17.1 Å². The van der Waals surface area contributed by atoms with Crippen molar-refractivity contribution >= 4 is 23.5 Å². The molecule has 0 fully saturated rings. The molecule has 0 radical (unpaired) electrons. The van der Waals surface area contributed by atoms with Gasteiger partial charge in [-0.05, 0) is 19.4 Å². The SMILES string of the molecule is CC(C)n1[nH]c(=O)c2c1NC(=O)CS[C@H]2c1ccccc1. The van der Waals surface area contributed by atoms with Crippen molar-refractivity contribution in [3.05, 3.63) is 51.8 Å². The Bertz CT molecular complexity index is 718. The first-order valence-corrected chi connectivity index (χ1v) is 7.93.